The maximum atomic E-state index is 12.3. The van der Waals surface area contributed by atoms with E-state index in [0.29, 0.717) is 19.0 Å². The number of para-hydroxylation sites is 2. The molecule has 2 aliphatic heterocycles. The molecule has 0 saturated carbocycles. The van der Waals surface area contributed by atoms with Crippen LogP contribution in [0.2, 0.25) is 0 Å². The van der Waals surface area contributed by atoms with Gasteiger partial charge in [0.15, 0.2) is 0 Å². The number of nitrogens with zero attached hydrogens (tertiary/aromatic N) is 2. The number of amides is 2. The third-order valence-corrected chi connectivity index (χ3v) is 6.40. The molecular formula is C17H22N4O2S. The molecular weight excluding hydrogens is 324 g/mol. The molecule has 128 valence electrons. The van der Waals surface area contributed by atoms with Crippen molar-refractivity contribution in [2.45, 2.75) is 18.9 Å². The van der Waals surface area contributed by atoms with Crippen molar-refractivity contribution in [2.24, 2.45) is 5.92 Å². The number of imidazole rings is 1. The SMILES string of the molecule is O=C(NCC1CSC1)N1CCC(n2c(=O)[nH]c3ccccc32)CC1. The summed E-state index contributed by atoms with van der Waals surface area (Å²) in [7, 11) is 0. The molecule has 0 radical (unpaired) electrons. The quantitative estimate of drug-likeness (QED) is 0.893. The number of hydrogen-bond donors (Lipinski definition) is 2. The number of hydrogen-bond acceptors (Lipinski definition) is 3. The van der Waals surface area contributed by atoms with Gasteiger partial charge in [-0.3, -0.25) is 4.57 Å². The Bertz CT molecular complexity index is 787. The normalized spacial score (nSPS) is 19.4. The van der Waals surface area contributed by atoms with Crippen LogP contribution >= 0.6 is 11.8 Å². The van der Waals surface area contributed by atoms with Gasteiger partial charge >= 0.3 is 11.7 Å². The molecule has 4 rings (SSSR count). The average Bonchev–Trinajstić information content (AvgIpc) is 2.89. The fourth-order valence-corrected chi connectivity index (χ4v) is 4.31. The Hall–Kier alpha value is -1.89. The van der Waals surface area contributed by atoms with Crippen molar-refractivity contribution in [3.63, 3.8) is 0 Å². The molecule has 6 nitrogen and oxygen atoms in total. The van der Waals surface area contributed by atoms with Gasteiger partial charge < -0.3 is 15.2 Å². The van der Waals surface area contributed by atoms with Crippen molar-refractivity contribution in [2.75, 3.05) is 31.1 Å². The van der Waals surface area contributed by atoms with Crippen molar-refractivity contribution < 1.29 is 4.79 Å². The molecule has 3 heterocycles. The summed E-state index contributed by atoms with van der Waals surface area (Å²) in [4.78, 5) is 29.3. The summed E-state index contributed by atoms with van der Waals surface area (Å²) in [6.45, 7) is 2.18. The predicted octanol–water partition coefficient (Wildman–Crippen LogP) is 2.04. The van der Waals surface area contributed by atoms with Gasteiger partial charge in [0.05, 0.1) is 11.0 Å². The van der Waals surface area contributed by atoms with Crippen molar-refractivity contribution in [1.29, 1.82) is 0 Å². The fraction of sp³-hybridized carbons (Fsp3) is 0.529. The number of benzene rings is 1. The molecule has 2 aliphatic rings. The number of urea groups is 1. The predicted molar refractivity (Wildman–Crippen MR) is 96.6 cm³/mol. The van der Waals surface area contributed by atoms with E-state index in [9.17, 15) is 9.59 Å². The summed E-state index contributed by atoms with van der Waals surface area (Å²) in [6.07, 6.45) is 1.63. The maximum Gasteiger partial charge on any atom is 0.326 e. The first-order chi connectivity index (χ1) is 11.7. The highest BCUT2D eigenvalue weighted by Crippen LogP contribution is 2.25. The van der Waals surface area contributed by atoms with E-state index in [-0.39, 0.29) is 17.8 Å². The Kier molecular flexibility index (Phi) is 4.26. The molecule has 0 aliphatic carbocycles. The number of nitrogens with one attached hydrogen (secondary N) is 2. The smallest absolute Gasteiger partial charge is 0.326 e. The first-order valence-corrected chi connectivity index (χ1v) is 9.67. The minimum absolute atomic E-state index is 0.0385. The van der Waals surface area contributed by atoms with Gasteiger partial charge in [-0.1, -0.05) is 12.1 Å². The van der Waals surface area contributed by atoms with Crippen molar-refractivity contribution in [3.05, 3.63) is 34.7 Å². The zero-order valence-corrected chi connectivity index (χ0v) is 14.3. The highest BCUT2D eigenvalue weighted by atomic mass is 32.2. The van der Waals surface area contributed by atoms with Crippen LogP contribution in [0.4, 0.5) is 4.79 Å². The number of carbonyl (C=O) groups is 1. The minimum atomic E-state index is -0.0541. The lowest BCUT2D eigenvalue weighted by molar-refractivity contribution is 0.171. The molecule has 0 unspecified atom stereocenters. The first kappa shape index (κ1) is 15.6. The number of rotatable bonds is 3. The molecule has 2 saturated heterocycles. The molecule has 1 aromatic heterocycles. The summed E-state index contributed by atoms with van der Waals surface area (Å²) >= 11 is 1.93. The maximum absolute atomic E-state index is 12.3. The van der Waals surface area contributed by atoms with Gasteiger partial charge in [-0.05, 0) is 42.4 Å². The molecule has 0 atom stereocenters. The van der Waals surface area contributed by atoms with E-state index in [1.54, 1.807) is 0 Å². The summed E-state index contributed by atoms with van der Waals surface area (Å²) in [6, 6.07) is 7.97. The number of carbonyl (C=O) groups excluding carboxylic acids is 1. The number of aromatic amines is 1. The number of fused-ring (bicyclic) bond motifs is 1. The molecule has 1 aromatic carbocycles. The highest BCUT2D eigenvalue weighted by Gasteiger charge is 2.27. The van der Waals surface area contributed by atoms with Crippen molar-refractivity contribution in [1.82, 2.24) is 19.8 Å². The van der Waals surface area contributed by atoms with Gasteiger partial charge in [0, 0.05) is 25.7 Å². The Morgan fingerprint density at radius 1 is 1.25 bits per heavy atom. The summed E-state index contributed by atoms with van der Waals surface area (Å²) in [5.41, 5.74) is 1.77. The lowest BCUT2D eigenvalue weighted by atomic mass is 10.0. The van der Waals surface area contributed by atoms with Crippen LogP contribution < -0.4 is 11.0 Å². The minimum Gasteiger partial charge on any atom is -0.338 e. The van der Waals surface area contributed by atoms with E-state index >= 15 is 0 Å². The standard InChI is InChI=1S/C17H22N4O2S/c22-16(18-9-12-10-24-11-12)20-7-5-13(6-8-20)21-15-4-2-1-3-14(15)19-17(21)23/h1-4,12-13H,5-11H2,(H,18,22)(H,19,23). The zero-order chi connectivity index (χ0) is 16.5. The monoisotopic (exact) mass is 346 g/mol. The number of likely N-dealkylation sites (tertiary alicyclic amines) is 1. The number of aromatic nitrogens is 2. The zero-order valence-electron chi connectivity index (χ0n) is 13.5. The second kappa shape index (κ2) is 6.55. The molecule has 0 spiro atoms. The van der Waals surface area contributed by atoms with E-state index in [1.165, 1.54) is 0 Å². The van der Waals surface area contributed by atoms with E-state index in [4.69, 9.17) is 0 Å². The topological polar surface area (TPSA) is 70.1 Å². The first-order valence-electron chi connectivity index (χ1n) is 8.52. The van der Waals surface area contributed by atoms with E-state index in [0.717, 1.165) is 41.9 Å². The third kappa shape index (κ3) is 2.92. The van der Waals surface area contributed by atoms with Crippen LogP contribution in [0, 0.1) is 5.92 Å². The lowest BCUT2D eigenvalue weighted by Gasteiger charge is -2.33. The van der Waals surface area contributed by atoms with Crippen molar-refractivity contribution >= 4 is 28.8 Å². The fourth-order valence-electron chi connectivity index (χ4n) is 3.51. The Balaban J connectivity index is 1.39. The third-order valence-electron chi connectivity index (χ3n) is 4.99. The number of H-pyrrole nitrogens is 1. The second-order valence-electron chi connectivity index (χ2n) is 6.63. The molecule has 7 heteroatoms. The van der Waals surface area contributed by atoms with Crippen LogP contribution in [0.1, 0.15) is 18.9 Å². The molecule has 24 heavy (non-hydrogen) atoms. The van der Waals surface area contributed by atoms with E-state index in [1.807, 2.05) is 45.5 Å². The molecule has 2 aromatic rings. The van der Waals surface area contributed by atoms with E-state index < -0.39 is 0 Å². The molecule has 2 amide bonds. The van der Waals surface area contributed by atoms with Gasteiger partial charge in [0.25, 0.3) is 0 Å². The summed E-state index contributed by atoms with van der Waals surface area (Å²) in [5, 5.41) is 3.04. The lowest BCUT2D eigenvalue weighted by Crippen LogP contribution is -2.47. The van der Waals surface area contributed by atoms with E-state index in [2.05, 4.69) is 10.3 Å². The van der Waals surface area contributed by atoms with Gasteiger partial charge in [-0.15, -0.1) is 0 Å². The largest absolute Gasteiger partial charge is 0.338 e. The Morgan fingerprint density at radius 3 is 2.71 bits per heavy atom. The summed E-state index contributed by atoms with van der Waals surface area (Å²) in [5.74, 6) is 2.96. The van der Waals surface area contributed by atoms with Gasteiger partial charge in [-0.25, -0.2) is 9.59 Å². The Morgan fingerprint density at radius 2 is 2.00 bits per heavy atom. The van der Waals surface area contributed by atoms with Gasteiger partial charge in [-0.2, -0.15) is 11.8 Å². The molecule has 0 bridgehead atoms. The van der Waals surface area contributed by atoms with Crippen LogP contribution in [-0.4, -0.2) is 51.6 Å². The Labute approximate surface area is 144 Å². The summed E-state index contributed by atoms with van der Waals surface area (Å²) < 4.78 is 1.86. The van der Waals surface area contributed by atoms with Crippen molar-refractivity contribution in [3.8, 4) is 0 Å². The van der Waals surface area contributed by atoms with Gasteiger partial charge in [0.1, 0.15) is 0 Å². The van der Waals surface area contributed by atoms with Crippen LogP contribution in [-0.2, 0) is 0 Å². The highest BCUT2D eigenvalue weighted by molar-refractivity contribution is 8.00. The molecule has 2 N–H and O–H groups in total. The average molecular weight is 346 g/mol. The molecule has 2 fully saturated rings. The number of piperidine rings is 1. The van der Waals surface area contributed by atoms with Crippen LogP contribution in [0.5, 0.6) is 0 Å². The van der Waals surface area contributed by atoms with Gasteiger partial charge in [0.2, 0.25) is 0 Å². The second-order valence-corrected chi connectivity index (χ2v) is 7.70. The number of thioether (sulfide) groups is 1. The van der Waals surface area contributed by atoms with Crippen LogP contribution in [0.25, 0.3) is 11.0 Å². The van der Waals surface area contributed by atoms with Crippen LogP contribution in [0.3, 0.4) is 0 Å². The van der Waals surface area contributed by atoms with Crippen LogP contribution in [0.15, 0.2) is 29.1 Å².